The highest BCUT2D eigenvalue weighted by atomic mass is 16.7. The second-order valence-corrected chi connectivity index (χ2v) is 11.1. The van der Waals surface area contributed by atoms with Crippen LogP contribution in [0.4, 0.5) is 4.79 Å². The molecule has 154 valence electrons. The molecule has 3 aliphatic rings. The normalized spacial score (nSPS) is 37.5. The topological polar surface area (TPSA) is 48.0 Å². The van der Waals surface area contributed by atoms with Crippen LogP contribution in [-0.2, 0) is 14.0 Å². The van der Waals surface area contributed by atoms with E-state index in [0.29, 0.717) is 5.92 Å². The highest BCUT2D eigenvalue weighted by Gasteiger charge is 2.57. The fraction of sp³-hybridized carbons (Fsp3) is 0.952. The summed E-state index contributed by atoms with van der Waals surface area (Å²) in [4.78, 5) is 14.7. The molecule has 0 radical (unpaired) electrons. The summed E-state index contributed by atoms with van der Waals surface area (Å²) in [5.74, 6) is 0.577. The zero-order chi connectivity index (χ0) is 20.2. The lowest BCUT2D eigenvalue weighted by molar-refractivity contribution is -0.0235. The number of nitrogens with zero attached hydrogens (tertiary/aromatic N) is 1. The van der Waals surface area contributed by atoms with Crippen LogP contribution in [0.1, 0.15) is 87.5 Å². The molecule has 5 atom stereocenters. The molecule has 2 heterocycles. The lowest BCUT2D eigenvalue weighted by Gasteiger charge is -2.43. The van der Waals surface area contributed by atoms with Crippen molar-refractivity contribution in [1.29, 1.82) is 0 Å². The maximum absolute atomic E-state index is 12.8. The van der Waals surface area contributed by atoms with Gasteiger partial charge in [0.2, 0.25) is 0 Å². The SMILES string of the molecule is CC1CCC(B2OC3CC(C(C)(C)C)CC[C@]3(C)O2)N1C(=O)OC(C)(C)C. The first kappa shape index (κ1) is 21.0. The van der Waals surface area contributed by atoms with Crippen molar-refractivity contribution in [2.45, 2.75) is 117 Å². The Morgan fingerprint density at radius 3 is 2.41 bits per heavy atom. The summed E-state index contributed by atoms with van der Waals surface area (Å²) in [5, 5.41) is 0. The summed E-state index contributed by atoms with van der Waals surface area (Å²) in [5.41, 5.74) is -0.452. The third-order valence-corrected chi connectivity index (χ3v) is 6.71. The molecule has 3 fully saturated rings. The van der Waals surface area contributed by atoms with Crippen LogP contribution in [0.25, 0.3) is 0 Å². The lowest BCUT2D eigenvalue weighted by Crippen LogP contribution is -2.51. The van der Waals surface area contributed by atoms with Crippen molar-refractivity contribution in [2.75, 3.05) is 0 Å². The third kappa shape index (κ3) is 4.32. The van der Waals surface area contributed by atoms with Gasteiger partial charge in [0.1, 0.15) is 5.60 Å². The van der Waals surface area contributed by atoms with Crippen LogP contribution in [0.5, 0.6) is 0 Å². The first-order valence-electron chi connectivity index (χ1n) is 10.6. The van der Waals surface area contributed by atoms with Crippen molar-refractivity contribution < 1.29 is 18.8 Å². The smallest absolute Gasteiger partial charge is 0.444 e. The average Bonchev–Trinajstić information content (AvgIpc) is 3.03. The zero-order valence-corrected chi connectivity index (χ0v) is 18.5. The van der Waals surface area contributed by atoms with Gasteiger partial charge in [-0.25, -0.2) is 4.79 Å². The average molecular weight is 379 g/mol. The molecule has 5 nitrogen and oxygen atoms in total. The molecular weight excluding hydrogens is 341 g/mol. The standard InChI is InChI=1S/C21H38BNO4/c1-14-9-10-17(23(14)18(24)25-20(5,6)7)22-26-16-13-15(19(2,3)4)11-12-21(16,8)27-22/h14-17H,9-13H2,1-8H3/t14?,15?,16?,17?,21-/m0/s1. The molecule has 0 spiro atoms. The van der Waals surface area contributed by atoms with E-state index in [1.165, 1.54) is 6.42 Å². The predicted octanol–water partition coefficient (Wildman–Crippen LogP) is 4.82. The molecule has 1 saturated carbocycles. The third-order valence-electron chi connectivity index (χ3n) is 6.71. The molecule has 27 heavy (non-hydrogen) atoms. The Labute approximate surface area is 165 Å². The van der Waals surface area contributed by atoms with Crippen molar-refractivity contribution in [3.05, 3.63) is 0 Å². The minimum absolute atomic E-state index is 0.0645. The second kappa shape index (κ2) is 6.94. The number of hydrogen-bond acceptors (Lipinski definition) is 4. The molecule has 0 N–H and O–H groups in total. The summed E-state index contributed by atoms with van der Waals surface area (Å²) in [7, 11) is -0.351. The molecule has 1 amide bonds. The van der Waals surface area contributed by atoms with E-state index in [1.54, 1.807) is 0 Å². The number of carbonyl (C=O) groups is 1. The van der Waals surface area contributed by atoms with Crippen molar-refractivity contribution in [1.82, 2.24) is 4.90 Å². The van der Waals surface area contributed by atoms with E-state index in [9.17, 15) is 4.79 Å². The van der Waals surface area contributed by atoms with Crippen LogP contribution < -0.4 is 0 Å². The number of amides is 1. The zero-order valence-electron chi connectivity index (χ0n) is 18.5. The highest BCUT2D eigenvalue weighted by molar-refractivity contribution is 6.47. The van der Waals surface area contributed by atoms with Crippen molar-refractivity contribution >= 4 is 13.2 Å². The van der Waals surface area contributed by atoms with Gasteiger partial charge in [0, 0.05) is 6.04 Å². The second-order valence-electron chi connectivity index (χ2n) is 11.1. The monoisotopic (exact) mass is 379 g/mol. The van der Waals surface area contributed by atoms with Crippen LogP contribution in [0.15, 0.2) is 0 Å². The number of rotatable bonds is 1. The lowest BCUT2D eigenvalue weighted by atomic mass is 9.67. The van der Waals surface area contributed by atoms with Gasteiger partial charge in [0.15, 0.2) is 0 Å². The quantitative estimate of drug-likeness (QED) is 0.613. The Hall–Kier alpha value is -0.745. The van der Waals surface area contributed by atoms with Gasteiger partial charge in [0.25, 0.3) is 0 Å². The Morgan fingerprint density at radius 2 is 1.81 bits per heavy atom. The number of fused-ring (bicyclic) bond motifs is 1. The van der Waals surface area contributed by atoms with Gasteiger partial charge >= 0.3 is 13.2 Å². The van der Waals surface area contributed by atoms with E-state index in [2.05, 4.69) is 34.6 Å². The molecule has 2 saturated heterocycles. The fourth-order valence-corrected chi connectivity index (χ4v) is 4.91. The van der Waals surface area contributed by atoms with Crippen LogP contribution in [-0.4, -0.2) is 47.4 Å². The van der Waals surface area contributed by atoms with Crippen molar-refractivity contribution in [3.63, 3.8) is 0 Å². The van der Waals surface area contributed by atoms with Crippen molar-refractivity contribution in [2.24, 2.45) is 11.3 Å². The van der Waals surface area contributed by atoms with E-state index < -0.39 is 5.60 Å². The maximum Gasteiger partial charge on any atom is 0.482 e. The number of hydrogen-bond donors (Lipinski definition) is 0. The fourth-order valence-electron chi connectivity index (χ4n) is 4.91. The van der Waals surface area contributed by atoms with Crippen LogP contribution in [0, 0.1) is 11.3 Å². The minimum Gasteiger partial charge on any atom is -0.444 e. The molecule has 4 unspecified atom stereocenters. The largest absolute Gasteiger partial charge is 0.482 e. The molecule has 3 rings (SSSR count). The summed E-state index contributed by atoms with van der Waals surface area (Å²) < 4.78 is 18.6. The molecule has 0 aromatic rings. The summed E-state index contributed by atoms with van der Waals surface area (Å²) in [6.45, 7) is 16.9. The number of likely N-dealkylation sites (tertiary alicyclic amines) is 1. The highest BCUT2D eigenvalue weighted by Crippen LogP contribution is 2.48. The van der Waals surface area contributed by atoms with E-state index in [1.807, 2.05) is 25.7 Å². The summed E-state index contributed by atoms with van der Waals surface area (Å²) in [6.07, 6.45) is 4.93. The van der Waals surface area contributed by atoms with E-state index >= 15 is 0 Å². The Kier molecular flexibility index (Phi) is 5.39. The molecule has 1 aliphatic carbocycles. The van der Waals surface area contributed by atoms with Gasteiger partial charge in [0.05, 0.1) is 17.6 Å². The first-order chi connectivity index (χ1) is 12.3. The van der Waals surface area contributed by atoms with E-state index in [0.717, 1.165) is 25.7 Å². The predicted molar refractivity (Wildman–Crippen MR) is 107 cm³/mol. The van der Waals surface area contributed by atoms with Crippen LogP contribution >= 0.6 is 0 Å². The first-order valence-corrected chi connectivity index (χ1v) is 10.6. The van der Waals surface area contributed by atoms with Gasteiger partial charge in [-0.3, -0.25) is 0 Å². The molecule has 0 aromatic heterocycles. The van der Waals surface area contributed by atoms with Crippen LogP contribution in [0.3, 0.4) is 0 Å². The van der Waals surface area contributed by atoms with Crippen LogP contribution in [0.2, 0.25) is 0 Å². The van der Waals surface area contributed by atoms with E-state index in [-0.39, 0.29) is 42.3 Å². The summed E-state index contributed by atoms with van der Waals surface area (Å²) in [6, 6.07) is 0.148. The summed E-state index contributed by atoms with van der Waals surface area (Å²) >= 11 is 0. The molecule has 6 heteroatoms. The number of ether oxygens (including phenoxy) is 1. The minimum atomic E-state index is -0.499. The molecule has 0 bridgehead atoms. The van der Waals surface area contributed by atoms with Crippen molar-refractivity contribution in [3.8, 4) is 0 Å². The van der Waals surface area contributed by atoms with E-state index in [4.69, 9.17) is 14.0 Å². The number of carbonyl (C=O) groups excluding carboxylic acids is 1. The molecule has 0 aromatic carbocycles. The van der Waals surface area contributed by atoms with Gasteiger partial charge in [-0.2, -0.15) is 0 Å². The van der Waals surface area contributed by atoms with Gasteiger partial charge in [-0.15, -0.1) is 0 Å². The Bertz CT molecular complexity index is 570. The Balaban J connectivity index is 1.72. The van der Waals surface area contributed by atoms with Gasteiger partial charge in [-0.1, -0.05) is 20.8 Å². The Morgan fingerprint density at radius 1 is 1.15 bits per heavy atom. The molecular formula is C21H38BNO4. The van der Waals surface area contributed by atoms with Gasteiger partial charge in [-0.05, 0) is 78.1 Å². The maximum atomic E-state index is 12.8. The van der Waals surface area contributed by atoms with Gasteiger partial charge < -0.3 is 18.9 Å². The molecule has 2 aliphatic heterocycles.